The third kappa shape index (κ3) is 2.20. The fourth-order valence-corrected chi connectivity index (χ4v) is 0.963. The molecule has 2 rings (SSSR count). The van der Waals surface area contributed by atoms with Gasteiger partial charge in [0.25, 0.3) is 0 Å². The second-order valence-corrected chi connectivity index (χ2v) is 2.96. The second-order valence-electron chi connectivity index (χ2n) is 2.96. The molecule has 0 unspecified atom stereocenters. The second kappa shape index (κ2) is 3.54. The van der Waals surface area contributed by atoms with Crippen molar-refractivity contribution in [1.29, 1.82) is 0 Å². The summed E-state index contributed by atoms with van der Waals surface area (Å²) in [6.07, 6.45) is 6.03. The van der Waals surface area contributed by atoms with Crippen LogP contribution in [0.15, 0.2) is 24.5 Å². The molecule has 0 saturated heterocycles. The standard InChI is InChI=1S/C9H12N2O/c1-2-9(6-10-5-1)12-7-11-8-3-4-8/h1-2,5-6,8,11H,3-4,7H2. The van der Waals surface area contributed by atoms with Gasteiger partial charge in [-0.1, -0.05) is 0 Å². The Hall–Kier alpha value is -1.09. The van der Waals surface area contributed by atoms with Crippen molar-refractivity contribution in [2.75, 3.05) is 6.73 Å². The van der Waals surface area contributed by atoms with Crippen LogP contribution in [0.4, 0.5) is 0 Å². The number of ether oxygens (including phenoxy) is 1. The quantitative estimate of drug-likeness (QED) is 0.678. The molecule has 1 fully saturated rings. The molecule has 1 N–H and O–H groups in total. The van der Waals surface area contributed by atoms with Gasteiger partial charge in [-0.25, -0.2) is 0 Å². The van der Waals surface area contributed by atoms with E-state index in [4.69, 9.17) is 4.74 Å². The van der Waals surface area contributed by atoms with E-state index in [0.717, 1.165) is 5.75 Å². The van der Waals surface area contributed by atoms with E-state index in [1.165, 1.54) is 12.8 Å². The first-order valence-corrected chi connectivity index (χ1v) is 4.21. The maximum absolute atomic E-state index is 5.38. The minimum Gasteiger partial charge on any atom is -0.477 e. The number of nitrogens with one attached hydrogen (secondary N) is 1. The van der Waals surface area contributed by atoms with Gasteiger partial charge in [0.15, 0.2) is 0 Å². The topological polar surface area (TPSA) is 34.1 Å². The molecule has 0 amide bonds. The van der Waals surface area contributed by atoms with Gasteiger partial charge in [0.1, 0.15) is 12.5 Å². The number of nitrogens with zero attached hydrogens (tertiary/aromatic N) is 1. The molecule has 0 bridgehead atoms. The number of aromatic nitrogens is 1. The molecule has 0 aliphatic heterocycles. The molecule has 1 aliphatic carbocycles. The summed E-state index contributed by atoms with van der Waals surface area (Å²) in [4.78, 5) is 3.95. The molecule has 1 aliphatic rings. The first-order valence-electron chi connectivity index (χ1n) is 4.21. The van der Waals surface area contributed by atoms with Gasteiger partial charge in [-0.2, -0.15) is 0 Å². The highest BCUT2D eigenvalue weighted by Gasteiger charge is 2.19. The zero-order valence-electron chi connectivity index (χ0n) is 6.86. The third-order valence-corrected chi connectivity index (χ3v) is 1.82. The normalized spacial score (nSPS) is 16.0. The van der Waals surface area contributed by atoms with Crippen LogP contribution in [0.25, 0.3) is 0 Å². The summed E-state index contributed by atoms with van der Waals surface area (Å²) in [6.45, 7) is 0.594. The van der Waals surface area contributed by atoms with Gasteiger partial charge >= 0.3 is 0 Å². The minimum absolute atomic E-state index is 0.594. The van der Waals surface area contributed by atoms with Crippen LogP contribution in [0.3, 0.4) is 0 Å². The monoisotopic (exact) mass is 164 g/mol. The molecule has 1 heterocycles. The summed E-state index contributed by atoms with van der Waals surface area (Å²) in [5, 5.41) is 3.26. The van der Waals surface area contributed by atoms with Crippen molar-refractivity contribution in [1.82, 2.24) is 10.3 Å². The fourth-order valence-electron chi connectivity index (χ4n) is 0.963. The SMILES string of the molecule is c1cncc(OCNC2CC2)c1. The lowest BCUT2D eigenvalue weighted by Crippen LogP contribution is -2.21. The molecule has 1 aromatic rings. The molecule has 3 nitrogen and oxygen atoms in total. The summed E-state index contributed by atoms with van der Waals surface area (Å²) in [7, 11) is 0. The van der Waals surface area contributed by atoms with Crippen molar-refractivity contribution in [3.63, 3.8) is 0 Å². The van der Waals surface area contributed by atoms with E-state index in [-0.39, 0.29) is 0 Å². The van der Waals surface area contributed by atoms with Gasteiger partial charge in [-0.3, -0.25) is 10.3 Å². The summed E-state index contributed by atoms with van der Waals surface area (Å²) in [6, 6.07) is 4.47. The van der Waals surface area contributed by atoms with E-state index < -0.39 is 0 Å². The van der Waals surface area contributed by atoms with Crippen LogP contribution in [0, 0.1) is 0 Å². The molecule has 0 spiro atoms. The maximum atomic E-state index is 5.38. The Morgan fingerprint density at radius 1 is 1.58 bits per heavy atom. The average molecular weight is 164 g/mol. The fraction of sp³-hybridized carbons (Fsp3) is 0.444. The van der Waals surface area contributed by atoms with Crippen LogP contribution in [-0.4, -0.2) is 17.8 Å². The van der Waals surface area contributed by atoms with Crippen molar-refractivity contribution in [2.24, 2.45) is 0 Å². The highest BCUT2D eigenvalue weighted by atomic mass is 16.5. The Morgan fingerprint density at radius 3 is 3.17 bits per heavy atom. The van der Waals surface area contributed by atoms with E-state index in [0.29, 0.717) is 12.8 Å². The van der Waals surface area contributed by atoms with Crippen LogP contribution in [-0.2, 0) is 0 Å². The molecule has 1 aromatic heterocycles. The molecule has 64 valence electrons. The van der Waals surface area contributed by atoms with E-state index in [1.54, 1.807) is 12.4 Å². The molecule has 3 heteroatoms. The first kappa shape index (κ1) is 7.55. The van der Waals surface area contributed by atoms with Crippen LogP contribution >= 0.6 is 0 Å². The van der Waals surface area contributed by atoms with Crippen LogP contribution in [0.5, 0.6) is 5.75 Å². The third-order valence-electron chi connectivity index (χ3n) is 1.82. The molecular formula is C9H12N2O. The summed E-state index contributed by atoms with van der Waals surface area (Å²) < 4.78 is 5.38. The van der Waals surface area contributed by atoms with E-state index >= 15 is 0 Å². The van der Waals surface area contributed by atoms with Gasteiger partial charge < -0.3 is 4.74 Å². The maximum Gasteiger partial charge on any atom is 0.139 e. The molecule has 0 radical (unpaired) electrons. The lowest BCUT2D eigenvalue weighted by molar-refractivity contribution is 0.281. The van der Waals surface area contributed by atoms with Crippen molar-refractivity contribution in [2.45, 2.75) is 18.9 Å². The Labute approximate surface area is 71.8 Å². The predicted molar refractivity (Wildman–Crippen MR) is 45.9 cm³/mol. The Balaban J connectivity index is 1.72. The Kier molecular flexibility index (Phi) is 2.23. The largest absolute Gasteiger partial charge is 0.477 e. The number of hydrogen-bond donors (Lipinski definition) is 1. The molecule has 0 aromatic carbocycles. The Morgan fingerprint density at radius 2 is 2.50 bits per heavy atom. The summed E-state index contributed by atoms with van der Waals surface area (Å²) in [5.74, 6) is 0.825. The molecule has 12 heavy (non-hydrogen) atoms. The van der Waals surface area contributed by atoms with Gasteiger partial charge in [-0.05, 0) is 25.0 Å². The van der Waals surface area contributed by atoms with Gasteiger partial charge in [0.2, 0.25) is 0 Å². The smallest absolute Gasteiger partial charge is 0.139 e. The highest BCUT2D eigenvalue weighted by molar-refractivity contribution is 5.15. The van der Waals surface area contributed by atoms with Crippen molar-refractivity contribution in [3.05, 3.63) is 24.5 Å². The summed E-state index contributed by atoms with van der Waals surface area (Å²) >= 11 is 0. The van der Waals surface area contributed by atoms with Crippen molar-refractivity contribution < 1.29 is 4.74 Å². The summed E-state index contributed by atoms with van der Waals surface area (Å²) in [5.41, 5.74) is 0. The zero-order chi connectivity index (χ0) is 8.23. The number of hydrogen-bond acceptors (Lipinski definition) is 3. The molecular weight excluding hydrogens is 152 g/mol. The van der Waals surface area contributed by atoms with Crippen LogP contribution < -0.4 is 10.1 Å². The zero-order valence-corrected chi connectivity index (χ0v) is 6.86. The highest BCUT2D eigenvalue weighted by Crippen LogP contribution is 2.18. The predicted octanol–water partition coefficient (Wildman–Crippen LogP) is 1.17. The van der Waals surface area contributed by atoms with Crippen LogP contribution in [0.1, 0.15) is 12.8 Å². The number of rotatable bonds is 4. The van der Waals surface area contributed by atoms with Crippen molar-refractivity contribution in [3.8, 4) is 5.75 Å². The van der Waals surface area contributed by atoms with E-state index in [2.05, 4.69) is 10.3 Å². The molecule has 0 atom stereocenters. The lowest BCUT2D eigenvalue weighted by Gasteiger charge is -2.05. The molecule has 1 saturated carbocycles. The van der Waals surface area contributed by atoms with Crippen LogP contribution in [0.2, 0.25) is 0 Å². The average Bonchev–Trinajstić information content (AvgIpc) is 2.90. The van der Waals surface area contributed by atoms with Gasteiger partial charge in [0.05, 0.1) is 6.20 Å². The first-order chi connectivity index (χ1) is 5.95. The van der Waals surface area contributed by atoms with Gasteiger partial charge in [0, 0.05) is 12.2 Å². The van der Waals surface area contributed by atoms with Gasteiger partial charge in [-0.15, -0.1) is 0 Å². The number of pyridine rings is 1. The van der Waals surface area contributed by atoms with Crippen molar-refractivity contribution >= 4 is 0 Å². The van der Waals surface area contributed by atoms with E-state index in [9.17, 15) is 0 Å². The lowest BCUT2D eigenvalue weighted by atomic mass is 10.5. The minimum atomic E-state index is 0.594. The van der Waals surface area contributed by atoms with E-state index in [1.807, 2.05) is 12.1 Å². The Bertz CT molecular complexity index is 234.